The predicted octanol–water partition coefficient (Wildman–Crippen LogP) is 3.02. The lowest BCUT2D eigenvalue weighted by molar-refractivity contribution is 0.0711. The molecular weight excluding hydrogens is 352 g/mol. The van der Waals surface area contributed by atoms with Crippen molar-refractivity contribution in [3.05, 3.63) is 59.4 Å². The molecule has 130 valence electrons. The summed E-state index contributed by atoms with van der Waals surface area (Å²) in [6.07, 6.45) is 3.61. The Balaban J connectivity index is 1.67. The Morgan fingerprint density at radius 3 is 2.92 bits per heavy atom. The number of pyridine rings is 1. The van der Waals surface area contributed by atoms with Crippen LogP contribution in [0.4, 0.5) is 10.9 Å². The molecule has 0 unspecified atom stereocenters. The lowest BCUT2D eigenvalue weighted by atomic mass is 10.2. The molecular formula is C17H14N6O2S. The van der Waals surface area contributed by atoms with Gasteiger partial charge in [-0.3, -0.25) is 14.4 Å². The third-order valence-electron chi connectivity index (χ3n) is 3.77. The van der Waals surface area contributed by atoms with Gasteiger partial charge in [0.1, 0.15) is 5.65 Å². The van der Waals surface area contributed by atoms with E-state index in [1.54, 1.807) is 23.8 Å². The number of nitrogens with one attached hydrogen (secondary N) is 2. The molecule has 4 heterocycles. The highest BCUT2D eigenvalue weighted by atomic mass is 32.1. The summed E-state index contributed by atoms with van der Waals surface area (Å²) in [5, 5.41) is 12.5. The fourth-order valence-corrected chi connectivity index (χ4v) is 3.46. The minimum atomic E-state index is -0.556. The standard InChI is InChI=1S/C17H14N6O2S/c1-10-15(23-9-3-2-4-13(23)19-10)11-7-8-18-17(20-11)21-14-6-5-12(26-14)16(24)22-25/h2-9,25H,1H3,(H,22,24)(H,18,20,21). The molecule has 0 aliphatic heterocycles. The molecule has 0 radical (unpaired) electrons. The zero-order valence-corrected chi connectivity index (χ0v) is 14.5. The highest BCUT2D eigenvalue weighted by molar-refractivity contribution is 7.18. The van der Waals surface area contributed by atoms with Crippen LogP contribution in [0.1, 0.15) is 15.4 Å². The largest absolute Gasteiger partial charge is 0.316 e. The maximum atomic E-state index is 11.4. The molecule has 8 nitrogen and oxygen atoms in total. The third-order valence-corrected chi connectivity index (χ3v) is 4.77. The van der Waals surface area contributed by atoms with Gasteiger partial charge in [0.25, 0.3) is 5.91 Å². The molecule has 0 fully saturated rings. The number of rotatable bonds is 4. The van der Waals surface area contributed by atoms with Crippen molar-refractivity contribution in [3.8, 4) is 11.4 Å². The fourth-order valence-electron chi connectivity index (χ4n) is 2.67. The second-order valence-electron chi connectivity index (χ2n) is 5.47. The molecule has 4 aromatic heterocycles. The molecule has 3 N–H and O–H groups in total. The first-order valence-corrected chi connectivity index (χ1v) is 8.56. The smallest absolute Gasteiger partial charge is 0.284 e. The van der Waals surface area contributed by atoms with E-state index in [2.05, 4.69) is 20.3 Å². The molecule has 0 atom stereocenters. The summed E-state index contributed by atoms with van der Waals surface area (Å²) in [4.78, 5) is 25.2. The van der Waals surface area contributed by atoms with Crippen LogP contribution in [-0.4, -0.2) is 30.5 Å². The Bertz CT molecular complexity index is 1100. The molecule has 0 bridgehead atoms. The van der Waals surface area contributed by atoms with Gasteiger partial charge in [-0.1, -0.05) is 6.07 Å². The van der Waals surface area contributed by atoms with E-state index in [1.165, 1.54) is 11.3 Å². The summed E-state index contributed by atoms with van der Waals surface area (Å²) in [7, 11) is 0. The quantitative estimate of drug-likeness (QED) is 0.379. The summed E-state index contributed by atoms with van der Waals surface area (Å²) in [5.74, 6) is -0.148. The van der Waals surface area contributed by atoms with Crippen LogP contribution in [0.3, 0.4) is 0 Å². The van der Waals surface area contributed by atoms with E-state index in [-0.39, 0.29) is 0 Å². The number of carbonyl (C=O) groups is 1. The van der Waals surface area contributed by atoms with E-state index < -0.39 is 5.91 Å². The van der Waals surface area contributed by atoms with Crippen molar-refractivity contribution in [1.29, 1.82) is 0 Å². The van der Waals surface area contributed by atoms with Gasteiger partial charge in [0.15, 0.2) is 0 Å². The lowest BCUT2D eigenvalue weighted by Crippen LogP contribution is -2.16. The van der Waals surface area contributed by atoms with Gasteiger partial charge in [0, 0.05) is 12.4 Å². The summed E-state index contributed by atoms with van der Waals surface area (Å²) in [6.45, 7) is 1.94. The van der Waals surface area contributed by atoms with Crippen LogP contribution in [0.5, 0.6) is 0 Å². The third kappa shape index (κ3) is 2.89. The molecule has 0 saturated carbocycles. The second-order valence-corrected chi connectivity index (χ2v) is 6.55. The highest BCUT2D eigenvalue weighted by Gasteiger charge is 2.13. The Labute approximate surface area is 152 Å². The Kier molecular flexibility index (Phi) is 4.07. The number of aryl methyl sites for hydroxylation is 1. The van der Waals surface area contributed by atoms with Gasteiger partial charge in [0.05, 0.1) is 27.0 Å². The lowest BCUT2D eigenvalue weighted by Gasteiger charge is -2.06. The van der Waals surface area contributed by atoms with Crippen molar-refractivity contribution in [2.24, 2.45) is 0 Å². The molecule has 0 spiro atoms. The van der Waals surface area contributed by atoms with E-state index in [4.69, 9.17) is 5.21 Å². The Hall–Kier alpha value is -3.30. The number of nitrogens with zero attached hydrogens (tertiary/aromatic N) is 4. The zero-order chi connectivity index (χ0) is 18.1. The van der Waals surface area contributed by atoms with Crippen LogP contribution >= 0.6 is 11.3 Å². The van der Waals surface area contributed by atoms with Crippen molar-refractivity contribution in [2.45, 2.75) is 6.92 Å². The first kappa shape index (κ1) is 16.2. The maximum absolute atomic E-state index is 11.4. The van der Waals surface area contributed by atoms with Crippen LogP contribution in [0.2, 0.25) is 0 Å². The van der Waals surface area contributed by atoms with E-state index in [1.807, 2.05) is 41.8 Å². The average Bonchev–Trinajstić information content (AvgIpc) is 3.24. The second kappa shape index (κ2) is 6.54. The molecule has 0 saturated heterocycles. The van der Waals surface area contributed by atoms with Gasteiger partial charge in [-0.2, -0.15) is 0 Å². The molecule has 1 amide bonds. The number of imidazole rings is 1. The number of hydroxylamine groups is 1. The molecule has 4 aromatic rings. The van der Waals surface area contributed by atoms with Gasteiger partial charge < -0.3 is 5.32 Å². The minimum absolute atomic E-state index is 0.379. The molecule has 0 aromatic carbocycles. The summed E-state index contributed by atoms with van der Waals surface area (Å²) >= 11 is 1.19. The number of hydrogen-bond donors (Lipinski definition) is 3. The monoisotopic (exact) mass is 366 g/mol. The molecule has 0 aliphatic rings. The van der Waals surface area contributed by atoms with Crippen molar-refractivity contribution in [2.75, 3.05) is 5.32 Å². The van der Waals surface area contributed by atoms with Crippen LogP contribution in [0, 0.1) is 6.92 Å². The number of anilines is 2. The van der Waals surface area contributed by atoms with E-state index in [0.717, 1.165) is 22.7 Å². The van der Waals surface area contributed by atoms with Crippen LogP contribution in [0.25, 0.3) is 17.0 Å². The molecule has 9 heteroatoms. The summed E-state index contributed by atoms with van der Waals surface area (Å²) in [5.41, 5.74) is 4.98. The van der Waals surface area contributed by atoms with Crippen molar-refractivity contribution in [1.82, 2.24) is 24.8 Å². The highest BCUT2D eigenvalue weighted by Crippen LogP contribution is 2.27. The zero-order valence-electron chi connectivity index (χ0n) is 13.7. The first-order chi connectivity index (χ1) is 12.7. The Morgan fingerprint density at radius 2 is 2.08 bits per heavy atom. The van der Waals surface area contributed by atoms with Crippen molar-refractivity contribution >= 4 is 33.8 Å². The van der Waals surface area contributed by atoms with Crippen molar-refractivity contribution < 1.29 is 10.0 Å². The summed E-state index contributed by atoms with van der Waals surface area (Å²) in [6, 6.07) is 11.0. The summed E-state index contributed by atoms with van der Waals surface area (Å²) < 4.78 is 1.98. The topological polar surface area (TPSA) is 104 Å². The number of hydrogen-bond acceptors (Lipinski definition) is 7. The van der Waals surface area contributed by atoms with Crippen molar-refractivity contribution in [3.63, 3.8) is 0 Å². The molecule has 0 aliphatic carbocycles. The number of aromatic nitrogens is 4. The number of carbonyl (C=O) groups excluding carboxylic acids is 1. The average molecular weight is 366 g/mol. The fraction of sp³-hybridized carbons (Fsp3) is 0.0588. The van der Waals surface area contributed by atoms with E-state index in [9.17, 15) is 4.79 Å². The number of fused-ring (bicyclic) bond motifs is 1. The van der Waals surface area contributed by atoms with Crippen LogP contribution in [0.15, 0.2) is 48.8 Å². The minimum Gasteiger partial charge on any atom is -0.316 e. The van der Waals surface area contributed by atoms with Gasteiger partial charge >= 0.3 is 0 Å². The predicted molar refractivity (Wildman–Crippen MR) is 97.8 cm³/mol. The van der Waals surface area contributed by atoms with Gasteiger partial charge in [-0.15, -0.1) is 11.3 Å². The molecule has 4 rings (SSSR count). The van der Waals surface area contributed by atoms with E-state index >= 15 is 0 Å². The molecule has 26 heavy (non-hydrogen) atoms. The SMILES string of the molecule is Cc1nc2ccccn2c1-c1ccnc(Nc2ccc(C(=O)NO)s2)n1. The maximum Gasteiger partial charge on any atom is 0.284 e. The number of amides is 1. The van der Waals surface area contributed by atoms with Gasteiger partial charge in [0.2, 0.25) is 5.95 Å². The Morgan fingerprint density at radius 1 is 1.19 bits per heavy atom. The first-order valence-electron chi connectivity index (χ1n) is 7.74. The van der Waals surface area contributed by atoms with Crippen LogP contribution in [-0.2, 0) is 0 Å². The van der Waals surface area contributed by atoms with Gasteiger partial charge in [-0.25, -0.2) is 20.4 Å². The van der Waals surface area contributed by atoms with Gasteiger partial charge in [-0.05, 0) is 37.3 Å². The number of thiophene rings is 1. The van der Waals surface area contributed by atoms with E-state index in [0.29, 0.717) is 15.8 Å². The normalized spacial score (nSPS) is 10.8. The van der Waals surface area contributed by atoms with Crippen LogP contribution < -0.4 is 10.8 Å².